The first kappa shape index (κ1) is 7.28. The summed E-state index contributed by atoms with van der Waals surface area (Å²) in [5, 5.41) is 7.16. The number of benzene rings is 1. The van der Waals surface area contributed by atoms with E-state index in [1.54, 1.807) is 0 Å². The Morgan fingerprint density at radius 2 is 2.08 bits per heavy atom. The minimum atomic E-state index is 0.428. The first-order valence-electron chi connectivity index (χ1n) is 4.13. The van der Waals surface area contributed by atoms with E-state index >= 15 is 0 Å². The molecule has 3 nitrogen and oxygen atoms in total. The first-order chi connectivity index (χ1) is 5.79. The monoisotopic (exact) mass is 162 g/mol. The van der Waals surface area contributed by atoms with E-state index < -0.39 is 0 Å². The Morgan fingerprint density at radius 1 is 1.33 bits per heavy atom. The molecule has 0 atom stereocenters. The summed E-state index contributed by atoms with van der Waals surface area (Å²) < 4.78 is 2.05. The van der Waals surface area contributed by atoms with Crippen LogP contribution >= 0.6 is 0 Å². The Balaban J connectivity index is 2.70. The number of hydrogen-bond acceptors (Lipinski definition) is 1. The molecule has 0 amide bonds. The van der Waals surface area contributed by atoms with Gasteiger partial charge in [0.25, 0.3) is 0 Å². The molecule has 0 aliphatic heterocycles. The summed E-state index contributed by atoms with van der Waals surface area (Å²) in [7, 11) is 0. The molecule has 1 aromatic carbocycles. The van der Waals surface area contributed by atoms with E-state index in [4.69, 9.17) is 0 Å². The maximum absolute atomic E-state index is 4.18. The van der Waals surface area contributed by atoms with Crippen molar-refractivity contribution in [2.24, 2.45) is 0 Å². The topological polar surface area (TPSA) is 32.6 Å². The summed E-state index contributed by atoms with van der Waals surface area (Å²) >= 11 is 0. The predicted molar refractivity (Wildman–Crippen MR) is 46.7 cm³/mol. The van der Waals surface area contributed by atoms with E-state index in [1.807, 2.05) is 18.2 Å². The molecule has 1 N–H and O–H groups in total. The van der Waals surface area contributed by atoms with Gasteiger partial charge in [0.1, 0.15) is 6.04 Å². The first-order valence-corrected chi connectivity index (χ1v) is 4.13. The average molecular weight is 162 g/mol. The summed E-state index contributed by atoms with van der Waals surface area (Å²) in [6.45, 7) is 4.26. The third kappa shape index (κ3) is 0.978. The van der Waals surface area contributed by atoms with Gasteiger partial charge in [-0.1, -0.05) is 17.3 Å². The molecule has 0 radical (unpaired) electrons. The van der Waals surface area contributed by atoms with E-state index in [0.29, 0.717) is 6.04 Å². The van der Waals surface area contributed by atoms with Gasteiger partial charge in [0.2, 0.25) is 11.0 Å². The maximum Gasteiger partial charge on any atom is 0.248 e. The molecule has 0 fully saturated rings. The molecule has 1 heterocycles. The van der Waals surface area contributed by atoms with Gasteiger partial charge in [0.05, 0.1) is 0 Å². The third-order valence-electron chi connectivity index (χ3n) is 1.94. The molecule has 3 heteroatoms. The van der Waals surface area contributed by atoms with Gasteiger partial charge >= 0.3 is 0 Å². The van der Waals surface area contributed by atoms with Crippen molar-refractivity contribution in [3.05, 3.63) is 24.3 Å². The van der Waals surface area contributed by atoms with Crippen LogP contribution in [0.4, 0.5) is 0 Å². The minimum absolute atomic E-state index is 0.428. The van der Waals surface area contributed by atoms with Crippen LogP contribution in [0.2, 0.25) is 0 Å². The molecule has 0 spiro atoms. The van der Waals surface area contributed by atoms with Crippen LogP contribution in [0.25, 0.3) is 11.0 Å². The SMILES string of the molecule is CC(C)[n+]1[nH]nc2ccccc21. The van der Waals surface area contributed by atoms with Crippen molar-refractivity contribution >= 4 is 11.0 Å². The molecule has 0 saturated heterocycles. The van der Waals surface area contributed by atoms with Crippen molar-refractivity contribution in [3.8, 4) is 0 Å². The third-order valence-corrected chi connectivity index (χ3v) is 1.94. The molecule has 0 unspecified atom stereocenters. The molecular weight excluding hydrogens is 150 g/mol. The number of para-hydroxylation sites is 2. The fraction of sp³-hybridized carbons (Fsp3) is 0.333. The standard InChI is InChI=1S/C9H11N3/c1-7(2)12-9-6-4-3-5-8(9)10-11-12/h3-7H,1-2H3/p+1. The molecular formula is C9H12N3+. The highest BCUT2D eigenvalue weighted by Crippen LogP contribution is 2.06. The highest BCUT2D eigenvalue weighted by molar-refractivity contribution is 5.69. The lowest BCUT2D eigenvalue weighted by Gasteiger charge is -1.97. The van der Waals surface area contributed by atoms with Crippen molar-refractivity contribution in [2.45, 2.75) is 19.9 Å². The van der Waals surface area contributed by atoms with Gasteiger partial charge in [-0.15, -0.1) is 0 Å². The zero-order valence-corrected chi connectivity index (χ0v) is 7.28. The zero-order valence-electron chi connectivity index (χ0n) is 7.28. The molecule has 2 aromatic rings. The van der Waals surface area contributed by atoms with Gasteiger partial charge in [-0.2, -0.15) is 4.68 Å². The number of nitrogens with one attached hydrogen (secondary N) is 1. The van der Waals surface area contributed by atoms with Crippen LogP contribution in [-0.2, 0) is 0 Å². The summed E-state index contributed by atoms with van der Waals surface area (Å²) in [6, 6.07) is 8.52. The number of rotatable bonds is 1. The van der Waals surface area contributed by atoms with Crippen LogP contribution in [-0.4, -0.2) is 10.3 Å². The second kappa shape index (κ2) is 2.59. The van der Waals surface area contributed by atoms with Gasteiger partial charge in [-0.25, -0.2) is 0 Å². The Kier molecular flexibility index (Phi) is 1.57. The number of nitrogens with zero attached hydrogens (tertiary/aromatic N) is 2. The van der Waals surface area contributed by atoms with Crippen LogP contribution in [0.3, 0.4) is 0 Å². The summed E-state index contributed by atoms with van der Waals surface area (Å²) in [5.41, 5.74) is 2.18. The van der Waals surface area contributed by atoms with E-state index in [-0.39, 0.29) is 0 Å². The van der Waals surface area contributed by atoms with Gasteiger partial charge in [-0.3, -0.25) is 0 Å². The number of aromatic amines is 1. The average Bonchev–Trinajstić information content (AvgIpc) is 2.47. The van der Waals surface area contributed by atoms with Gasteiger partial charge in [0, 0.05) is 5.10 Å². The molecule has 0 aliphatic rings. The lowest BCUT2D eigenvalue weighted by atomic mass is 10.3. The highest BCUT2D eigenvalue weighted by Gasteiger charge is 2.12. The quantitative estimate of drug-likeness (QED) is 0.632. The van der Waals surface area contributed by atoms with Crippen LogP contribution < -0.4 is 4.68 Å². The molecule has 2 rings (SSSR count). The van der Waals surface area contributed by atoms with Crippen molar-refractivity contribution < 1.29 is 4.68 Å². The normalized spacial score (nSPS) is 11.2. The Morgan fingerprint density at radius 3 is 2.83 bits per heavy atom. The maximum atomic E-state index is 4.18. The van der Waals surface area contributed by atoms with Crippen LogP contribution in [0.15, 0.2) is 24.3 Å². The van der Waals surface area contributed by atoms with E-state index in [0.717, 1.165) is 11.0 Å². The summed E-state index contributed by atoms with van der Waals surface area (Å²) in [6.07, 6.45) is 0. The van der Waals surface area contributed by atoms with E-state index in [2.05, 4.69) is 34.9 Å². The molecule has 0 aliphatic carbocycles. The van der Waals surface area contributed by atoms with Gasteiger partial charge in [-0.05, 0) is 26.0 Å². The molecule has 12 heavy (non-hydrogen) atoms. The van der Waals surface area contributed by atoms with Crippen LogP contribution in [0, 0.1) is 0 Å². The number of aromatic nitrogens is 3. The minimum Gasteiger partial charge on any atom is -0.153 e. The fourth-order valence-corrected chi connectivity index (χ4v) is 1.32. The second-order valence-electron chi connectivity index (χ2n) is 3.16. The number of fused-ring (bicyclic) bond motifs is 1. The Labute approximate surface area is 71.0 Å². The van der Waals surface area contributed by atoms with E-state index in [1.165, 1.54) is 0 Å². The Hall–Kier alpha value is -1.38. The summed E-state index contributed by atoms with van der Waals surface area (Å²) in [5.74, 6) is 0. The van der Waals surface area contributed by atoms with Crippen molar-refractivity contribution in [3.63, 3.8) is 0 Å². The van der Waals surface area contributed by atoms with Crippen molar-refractivity contribution in [2.75, 3.05) is 0 Å². The second-order valence-corrected chi connectivity index (χ2v) is 3.16. The lowest BCUT2D eigenvalue weighted by molar-refractivity contribution is -0.748. The number of H-pyrrole nitrogens is 1. The van der Waals surface area contributed by atoms with Crippen molar-refractivity contribution in [1.82, 2.24) is 10.3 Å². The zero-order chi connectivity index (χ0) is 8.55. The lowest BCUT2D eigenvalue weighted by Crippen LogP contribution is -2.38. The largest absolute Gasteiger partial charge is 0.248 e. The predicted octanol–water partition coefficient (Wildman–Crippen LogP) is 1.43. The van der Waals surface area contributed by atoms with Crippen molar-refractivity contribution in [1.29, 1.82) is 0 Å². The Bertz CT molecular complexity index is 389. The van der Waals surface area contributed by atoms with Gasteiger partial charge < -0.3 is 0 Å². The molecule has 0 saturated carbocycles. The molecule has 62 valence electrons. The van der Waals surface area contributed by atoms with Crippen LogP contribution in [0.1, 0.15) is 19.9 Å². The fourth-order valence-electron chi connectivity index (χ4n) is 1.32. The van der Waals surface area contributed by atoms with Crippen LogP contribution in [0.5, 0.6) is 0 Å². The van der Waals surface area contributed by atoms with E-state index in [9.17, 15) is 0 Å². The van der Waals surface area contributed by atoms with Gasteiger partial charge in [0.15, 0.2) is 0 Å². The smallest absolute Gasteiger partial charge is 0.153 e. The highest BCUT2D eigenvalue weighted by atomic mass is 15.4. The number of hydrogen-bond donors (Lipinski definition) is 1. The summed E-state index contributed by atoms with van der Waals surface area (Å²) in [4.78, 5) is 0. The molecule has 1 aromatic heterocycles. The molecule has 0 bridgehead atoms.